The van der Waals surface area contributed by atoms with E-state index in [4.69, 9.17) is 0 Å². The molecule has 0 radical (unpaired) electrons. The molecule has 3 nitrogen and oxygen atoms in total. The van der Waals surface area contributed by atoms with E-state index in [-0.39, 0.29) is 0 Å². The Bertz CT molecular complexity index is 246. The Morgan fingerprint density at radius 2 is 2.46 bits per heavy atom. The number of hydrogen-bond donors (Lipinski definition) is 1. The predicted octanol–water partition coefficient (Wildman–Crippen LogP) is 1.53. The van der Waals surface area contributed by atoms with Crippen LogP contribution in [0.15, 0.2) is 31.2 Å². The van der Waals surface area contributed by atoms with Gasteiger partial charge in [0.2, 0.25) is 0 Å². The van der Waals surface area contributed by atoms with Gasteiger partial charge in [0.15, 0.2) is 0 Å². The maximum absolute atomic E-state index is 4.16. The zero-order valence-corrected chi connectivity index (χ0v) is 7.90. The minimum Gasteiger partial charge on any atom is -0.308 e. The number of nitrogens with zero attached hydrogens (tertiary/aromatic N) is 2. The molecule has 1 unspecified atom stereocenters. The van der Waals surface area contributed by atoms with Crippen molar-refractivity contribution in [3.8, 4) is 0 Å². The molecule has 13 heavy (non-hydrogen) atoms. The molecule has 3 heteroatoms. The van der Waals surface area contributed by atoms with Gasteiger partial charge in [-0.15, -0.1) is 6.58 Å². The van der Waals surface area contributed by atoms with Gasteiger partial charge in [-0.3, -0.25) is 9.97 Å². The fraction of sp³-hybridized carbons (Fsp3) is 0.400. The van der Waals surface area contributed by atoms with Gasteiger partial charge in [-0.05, 0) is 13.3 Å². The zero-order valence-electron chi connectivity index (χ0n) is 7.90. The van der Waals surface area contributed by atoms with Crippen LogP contribution in [0.4, 0.5) is 0 Å². The minimum atomic E-state index is 0.444. The average molecular weight is 177 g/mol. The number of nitrogens with one attached hydrogen (secondary N) is 1. The van der Waals surface area contributed by atoms with E-state index < -0.39 is 0 Å². The molecule has 1 N–H and O–H groups in total. The number of hydrogen-bond acceptors (Lipinski definition) is 3. The molecule has 1 atom stereocenters. The average Bonchev–Trinajstić information content (AvgIpc) is 2.17. The van der Waals surface area contributed by atoms with E-state index >= 15 is 0 Å². The van der Waals surface area contributed by atoms with Gasteiger partial charge in [0.05, 0.1) is 5.69 Å². The summed E-state index contributed by atoms with van der Waals surface area (Å²) >= 11 is 0. The van der Waals surface area contributed by atoms with Gasteiger partial charge in [0.1, 0.15) is 0 Å². The number of rotatable bonds is 5. The predicted molar refractivity (Wildman–Crippen MR) is 53.1 cm³/mol. The van der Waals surface area contributed by atoms with Gasteiger partial charge >= 0.3 is 0 Å². The van der Waals surface area contributed by atoms with Gasteiger partial charge in [-0.1, -0.05) is 6.08 Å². The summed E-state index contributed by atoms with van der Waals surface area (Å²) < 4.78 is 0. The van der Waals surface area contributed by atoms with Crippen LogP contribution in [0.3, 0.4) is 0 Å². The molecule has 0 aliphatic heterocycles. The Morgan fingerprint density at radius 1 is 1.62 bits per heavy atom. The molecule has 1 rings (SSSR count). The summed E-state index contributed by atoms with van der Waals surface area (Å²) in [6, 6.07) is 0.444. The Labute approximate surface area is 78.9 Å². The quantitative estimate of drug-likeness (QED) is 0.693. The van der Waals surface area contributed by atoms with Gasteiger partial charge in [-0.25, -0.2) is 0 Å². The highest BCUT2D eigenvalue weighted by molar-refractivity contribution is 4.94. The first-order valence-electron chi connectivity index (χ1n) is 4.42. The van der Waals surface area contributed by atoms with Crippen molar-refractivity contribution in [2.45, 2.75) is 25.9 Å². The van der Waals surface area contributed by atoms with Crippen molar-refractivity contribution in [1.82, 2.24) is 15.3 Å². The molecule has 0 aliphatic carbocycles. The van der Waals surface area contributed by atoms with Gasteiger partial charge in [0.25, 0.3) is 0 Å². The molecule has 1 aromatic heterocycles. The topological polar surface area (TPSA) is 37.8 Å². The van der Waals surface area contributed by atoms with Gasteiger partial charge < -0.3 is 5.32 Å². The molecule has 0 bridgehead atoms. The second-order valence-electron chi connectivity index (χ2n) is 3.00. The lowest BCUT2D eigenvalue weighted by molar-refractivity contribution is 0.547. The van der Waals surface area contributed by atoms with Gasteiger partial charge in [0, 0.05) is 31.2 Å². The highest BCUT2D eigenvalue weighted by atomic mass is 14.9. The summed E-state index contributed by atoms with van der Waals surface area (Å²) in [5, 5.41) is 3.33. The van der Waals surface area contributed by atoms with Crippen molar-refractivity contribution in [3.05, 3.63) is 36.9 Å². The van der Waals surface area contributed by atoms with Crippen LogP contribution in [0.1, 0.15) is 19.0 Å². The summed E-state index contributed by atoms with van der Waals surface area (Å²) in [4.78, 5) is 8.15. The van der Waals surface area contributed by atoms with E-state index in [1.807, 2.05) is 6.08 Å². The highest BCUT2D eigenvalue weighted by Crippen LogP contribution is 1.94. The Kier molecular flexibility index (Phi) is 4.12. The third kappa shape index (κ3) is 3.80. The van der Waals surface area contributed by atoms with Crippen molar-refractivity contribution in [1.29, 1.82) is 0 Å². The molecular formula is C10H15N3. The summed E-state index contributed by atoms with van der Waals surface area (Å²) in [6.45, 7) is 6.58. The summed E-state index contributed by atoms with van der Waals surface area (Å²) in [6.07, 6.45) is 8.04. The van der Waals surface area contributed by atoms with Crippen LogP contribution in [-0.2, 0) is 6.54 Å². The summed E-state index contributed by atoms with van der Waals surface area (Å²) in [5.74, 6) is 0. The second-order valence-corrected chi connectivity index (χ2v) is 3.00. The molecule has 1 aromatic rings. The lowest BCUT2D eigenvalue weighted by atomic mass is 10.2. The van der Waals surface area contributed by atoms with E-state index in [0.29, 0.717) is 6.04 Å². The first kappa shape index (κ1) is 9.86. The fourth-order valence-corrected chi connectivity index (χ4v) is 1.03. The van der Waals surface area contributed by atoms with E-state index in [2.05, 4.69) is 28.8 Å². The van der Waals surface area contributed by atoms with Crippen LogP contribution in [0, 0.1) is 0 Å². The first-order valence-corrected chi connectivity index (χ1v) is 4.42. The van der Waals surface area contributed by atoms with Gasteiger partial charge in [-0.2, -0.15) is 0 Å². The van der Waals surface area contributed by atoms with Crippen molar-refractivity contribution < 1.29 is 0 Å². The zero-order chi connectivity index (χ0) is 9.52. The maximum atomic E-state index is 4.16. The molecule has 70 valence electrons. The monoisotopic (exact) mass is 177 g/mol. The van der Waals surface area contributed by atoms with Crippen LogP contribution in [0.2, 0.25) is 0 Å². The standard InChI is InChI=1S/C10H15N3/c1-3-4-9(2)13-8-10-7-11-5-6-12-10/h3,5-7,9,13H,1,4,8H2,2H3. The molecular weight excluding hydrogens is 162 g/mol. The van der Waals surface area contributed by atoms with Crippen LogP contribution in [0.25, 0.3) is 0 Å². The van der Waals surface area contributed by atoms with Crippen LogP contribution in [-0.4, -0.2) is 16.0 Å². The summed E-state index contributed by atoms with van der Waals surface area (Å²) in [5.41, 5.74) is 0.971. The van der Waals surface area contributed by atoms with E-state index in [0.717, 1.165) is 18.7 Å². The summed E-state index contributed by atoms with van der Waals surface area (Å²) in [7, 11) is 0. The van der Waals surface area contributed by atoms with Crippen LogP contribution in [0.5, 0.6) is 0 Å². The first-order chi connectivity index (χ1) is 6.33. The van der Waals surface area contributed by atoms with E-state index in [9.17, 15) is 0 Å². The van der Waals surface area contributed by atoms with Crippen LogP contribution >= 0.6 is 0 Å². The molecule has 0 fully saturated rings. The normalized spacial score (nSPS) is 12.4. The molecule has 0 saturated carbocycles. The lowest BCUT2D eigenvalue weighted by Gasteiger charge is -2.10. The third-order valence-corrected chi connectivity index (χ3v) is 1.77. The van der Waals surface area contributed by atoms with Crippen LogP contribution < -0.4 is 5.32 Å². The third-order valence-electron chi connectivity index (χ3n) is 1.77. The van der Waals surface area contributed by atoms with Crippen molar-refractivity contribution >= 4 is 0 Å². The molecule has 0 spiro atoms. The van der Waals surface area contributed by atoms with Crippen molar-refractivity contribution in [2.75, 3.05) is 0 Å². The number of aromatic nitrogens is 2. The molecule has 0 amide bonds. The largest absolute Gasteiger partial charge is 0.308 e. The highest BCUT2D eigenvalue weighted by Gasteiger charge is 1.98. The van der Waals surface area contributed by atoms with Crippen molar-refractivity contribution in [2.24, 2.45) is 0 Å². The molecule has 0 aliphatic rings. The fourth-order valence-electron chi connectivity index (χ4n) is 1.03. The van der Waals surface area contributed by atoms with E-state index in [1.165, 1.54) is 0 Å². The molecule has 0 aromatic carbocycles. The lowest BCUT2D eigenvalue weighted by Crippen LogP contribution is -2.25. The molecule has 1 heterocycles. The second kappa shape index (κ2) is 5.43. The molecule has 0 saturated heterocycles. The van der Waals surface area contributed by atoms with E-state index in [1.54, 1.807) is 18.6 Å². The maximum Gasteiger partial charge on any atom is 0.0724 e. The SMILES string of the molecule is C=CCC(C)NCc1cnccn1. The Morgan fingerprint density at radius 3 is 3.08 bits per heavy atom. The smallest absolute Gasteiger partial charge is 0.0724 e. The Balaban J connectivity index is 2.30. The minimum absolute atomic E-state index is 0.444. The van der Waals surface area contributed by atoms with Crippen molar-refractivity contribution in [3.63, 3.8) is 0 Å². The Hall–Kier alpha value is -1.22.